The fraction of sp³-hybridized carbons (Fsp3) is 0.263. The van der Waals surface area contributed by atoms with Crippen LogP contribution in [0.25, 0.3) is 11.3 Å². The summed E-state index contributed by atoms with van der Waals surface area (Å²) in [6, 6.07) is 11.2. The maximum atomic E-state index is 13.0. The molecule has 1 N–H and O–H groups in total. The Bertz CT molecular complexity index is 967. The van der Waals surface area contributed by atoms with E-state index in [0.29, 0.717) is 24.5 Å². The Labute approximate surface area is 155 Å². The molecule has 1 aliphatic rings. The molecular weight excluding hydrogens is 347 g/mol. The Balaban J connectivity index is 1.46. The van der Waals surface area contributed by atoms with E-state index in [1.807, 2.05) is 20.0 Å². The van der Waals surface area contributed by atoms with Crippen molar-refractivity contribution in [3.8, 4) is 11.3 Å². The van der Waals surface area contributed by atoms with Crippen LogP contribution in [0.2, 0.25) is 0 Å². The van der Waals surface area contributed by atoms with E-state index in [1.165, 1.54) is 12.1 Å². The van der Waals surface area contributed by atoms with E-state index in [1.54, 1.807) is 33.8 Å². The number of hydrogen-bond donors (Lipinski definition) is 1. The summed E-state index contributed by atoms with van der Waals surface area (Å²) in [7, 11) is 1.83. The zero-order valence-electron chi connectivity index (χ0n) is 15.1. The maximum Gasteiger partial charge on any atom is 0.250 e. The molecule has 1 fully saturated rings. The van der Waals surface area contributed by atoms with E-state index in [2.05, 4.69) is 20.6 Å². The summed E-state index contributed by atoms with van der Waals surface area (Å²) < 4.78 is 14.7. The summed E-state index contributed by atoms with van der Waals surface area (Å²) >= 11 is 0. The molecule has 1 aromatic carbocycles. The summed E-state index contributed by atoms with van der Waals surface area (Å²) in [6.45, 7) is 2.52. The van der Waals surface area contributed by atoms with Crippen LogP contribution in [0, 0.1) is 12.7 Å². The number of hydrogen-bond acceptors (Lipinski definition) is 5. The molecular formula is C19H19FN6O. The highest BCUT2D eigenvalue weighted by Crippen LogP contribution is 2.24. The first-order valence-electron chi connectivity index (χ1n) is 8.69. The van der Waals surface area contributed by atoms with Crippen molar-refractivity contribution >= 4 is 17.5 Å². The fourth-order valence-corrected chi connectivity index (χ4v) is 3.25. The standard InChI is InChI=1S/C19H19FN6O/c1-12-11-18(25(2)24-12)26-10-9-16(19(26)27)21-17-8-7-15(22-23-17)13-3-5-14(20)6-4-13/h3-8,11,16H,9-10H2,1-2H3,(H,21,23). The van der Waals surface area contributed by atoms with Gasteiger partial charge in [-0.1, -0.05) is 0 Å². The van der Waals surface area contributed by atoms with Gasteiger partial charge in [0, 0.05) is 25.2 Å². The number of halogens is 1. The van der Waals surface area contributed by atoms with Crippen LogP contribution in [0.3, 0.4) is 0 Å². The molecule has 27 heavy (non-hydrogen) atoms. The first-order chi connectivity index (χ1) is 13.0. The lowest BCUT2D eigenvalue weighted by Gasteiger charge is -2.17. The summed E-state index contributed by atoms with van der Waals surface area (Å²) in [4.78, 5) is 14.5. The zero-order valence-corrected chi connectivity index (χ0v) is 15.1. The molecule has 3 heterocycles. The maximum absolute atomic E-state index is 13.0. The van der Waals surface area contributed by atoms with Crippen LogP contribution in [-0.4, -0.2) is 38.5 Å². The largest absolute Gasteiger partial charge is 0.357 e. The first-order valence-corrected chi connectivity index (χ1v) is 8.69. The minimum absolute atomic E-state index is 0.0117. The van der Waals surface area contributed by atoms with Gasteiger partial charge in [-0.2, -0.15) is 5.10 Å². The molecule has 4 rings (SSSR count). The lowest BCUT2D eigenvalue weighted by atomic mass is 10.1. The van der Waals surface area contributed by atoms with E-state index in [-0.39, 0.29) is 17.8 Å². The van der Waals surface area contributed by atoms with Gasteiger partial charge in [0.15, 0.2) is 0 Å². The van der Waals surface area contributed by atoms with Crippen molar-refractivity contribution in [2.24, 2.45) is 7.05 Å². The predicted molar refractivity (Wildman–Crippen MR) is 99.8 cm³/mol. The molecule has 0 spiro atoms. The van der Waals surface area contributed by atoms with Crippen molar-refractivity contribution in [3.05, 3.63) is 54.0 Å². The molecule has 1 atom stereocenters. The Kier molecular flexibility index (Phi) is 4.31. The third kappa shape index (κ3) is 3.38. The first kappa shape index (κ1) is 17.1. The molecule has 3 aromatic rings. The number of aryl methyl sites for hydroxylation is 2. The molecule has 2 aromatic heterocycles. The lowest BCUT2D eigenvalue weighted by molar-refractivity contribution is -0.117. The monoisotopic (exact) mass is 366 g/mol. The molecule has 0 aliphatic carbocycles. The second-order valence-electron chi connectivity index (χ2n) is 6.55. The average molecular weight is 366 g/mol. The molecule has 0 bridgehead atoms. The fourth-order valence-electron chi connectivity index (χ4n) is 3.25. The van der Waals surface area contributed by atoms with Crippen molar-refractivity contribution in [1.82, 2.24) is 20.0 Å². The van der Waals surface area contributed by atoms with E-state index in [4.69, 9.17) is 0 Å². The number of rotatable bonds is 4. The van der Waals surface area contributed by atoms with Gasteiger partial charge < -0.3 is 5.32 Å². The average Bonchev–Trinajstić information content (AvgIpc) is 3.18. The predicted octanol–water partition coefficient (Wildman–Crippen LogP) is 2.54. The summed E-state index contributed by atoms with van der Waals surface area (Å²) in [6.07, 6.45) is 0.671. The molecule has 0 saturated carbocycles. The van der Waals surface area contributed by atoms with E-state index in [0.717, 1.165) is 17.1 Å². The van der Waals surface area contributed by atoms with Gasteiger partial charge in [0.2, 0.25) is 0 Å². The molecule has 138 valence electrons. The van der Waals surface area contributed by atoms with Crippen molar-refractivity contribution < 1.29 is 9.18 Å². The Morgan fingerprint density at radius 2 is 1.93 bits per heavy atom. The van der Waals surface area contributed by atoms with Gasteiger partial charge in [-0.3, -0.25) is 14.4 Å². The number of aromatic nitrogens is 4. The van der Waals surface area contributed by atoms with Crippen molar-refractivity contribution in [2.75, 3.05) is 16.8 Å². The molecule has 1 saturated heterocycles. The van der Waals surface area contributed by atoms with Crippen molar-refractivity contribution in [2.45, 2.75) is 19.4 Å². The Morgan fingerprint density at radius 1 is 1.15 bits per heavy atom. The molecule has 0 radical (unpaired) electrons. The SMILES string of the molecule is Cc1cc(N2CCC(Nc3ccc(-c4ccc(F)cc4)nn3)C2=O)n(C)n1. The van der Waals surface area contributed by atoms with Crippen LogP contribution in [-0.2, 0) is 11.8 Å². The normalized spacial score (nSPS) is 16.8. The molecule has 1 amide bonds. The van der Waals surface area contributed by atoms with Crippen LogP contribution < -0.4 is 10.2 Å². The highest BCUT2D eigenvalue weighted by molar-refractivity contribution is 6.00. The number of amides is 1. The van der Waals surface area contributed by atoms with Gasteiger partial charge in [0.25, 0.3) is 5.91 Å². The third-order valence-corrected chi connectivity index (χ3v) is 4.59. The van der Waals surface area contributed by atoms with Gasteiger partial charge in [-0.15, -0.1) is 10.2 Å². The van der Waals surface area contributed by atoms with Crippen LogP contribution in [0.4, 0.5) is 16.0 Å². The summed E-state index contributed by atoms with van der Waals surface area (Å²) in [5.41, 5.74) is 2.30. The quantitative estimate of drug-likeness (QED) is 0.768. The van der Waals surface area contributed by atoms with Crippen LogP contribution in [0.1, 0.15) is 12.1 Å². The van der Waals surface area contributed by atoms with Gasteiger partial charge in [0.05, 0.1) is 11.4 Å². The second kappa shape index (κ2) is 6.79. The molecule has 7 nitrogen and oxygen atoms in total. The van der Waals surface area contributed by atoms with E-state index >= 15 is 0 Å². The van der Waals surface area contributed by atoms with Crippen molar-refractivity contribution in [1.29, 1.82) is 0 Å². The minimum Gasteiger partial charge on any atom is -0.357 e. The number of benzene rings is 1. The summed E-state index contributed by atoms with van der Waals surface area (Å²) in [5, 5.41) is 15.8. The number of nitrogens with zero attached hydrogens (tertiary/aromatic N) is 5. The third-order valence-electron chi connectivity index (χ3n) is 4.59. The smallest absolute Gasteiger partial charge is 0.250 e. The number of nitrogens with one attached hydrogen (secondary N) is 1. The van der Waals surface area contributed by atoms with Gasteiger partial charge in [0.1, 0.15) is 23.5 Å². The molecule has 1 unspecified atom stereocenters. The Hall–Kier alpha value is -3.29. The van der Waals surface area contributed by atoms with E-state index < -0.39 is 0 Å². The van der Waals surface area contributed by atoms with Gasteiger partial charge in [-0.25, -0.2) is 4.39 Å². The van der Waals surface area contributed by atoms with Crippen LogP contribution >= 0.6 is 0 Å². The van der Waals surface area contributed by atoms with Gasteiger partial charge in [-0.05, 0) is 49.7 Å². The minimum atomic E-state index is -0.355. The molecule has 8 heteroatoms. The highest BCUT2D eigenvalue weighted by Gasteiger charge is 2.34. The van der Waals surface area contributed by atoms with Crippen LogP contribution in [0.5, 0.6) is 0 Å². The number of anilines is 2. The zero-order chi connectivity index (χ0) is 19.0. The Morgan fingerprint density at radius 3 is 2.56 bits per heavy atom. The number of carbonyl (C=O) groups excluding carboxylic acids is 1. The second-order valence-corrected chi connectivity index (χ2v) is 6.55. The lowest BCUT2D eigenvalue weighted by Crippen LogP contribution is -2.34. The van der Waals surface area contributed by atoms with E-state index in [9.17, 15) is 9.18 Å². The van der Waals surface area contributed by atoms with Gasteiger partial charge >= 0.3 is 0 Å². The van der Waals surface area contributed by atoms with Crippen molar-refractivity contribution in [3.63, 3.8) is 0 Å². The van der Waals surface area contributed by atoms with Crippen LogP contribution in [0.15, 0.2) is 42.5 Å². The highest BCUT2D eigenvalue weighted by atomic mass is 19.1. The topological polar surface area (TPSA) is 75.9 Å². The summed E-state index contributed by atoms with van der Waals surface area (Å²) in [5.74, 6) is 1.02. The molecule has 1 aliphatic heterocycles. The number of carbonyl (C=O) groups is 1.